The predicted molar refractivity (Wildman–Crippen MR) is 129 cm³/mol. The van der Waals surface area contributed by atoms with E-state index in [1.165, 1.54) is 0 Å². The van der Waals surface area contributed by atoms with Crippen LogP contribution in [0.25, 0.3) is 44.8 Å². The Bertz CT molecular complexity index is 1610. The monoisotopic (exact) mass is 474 g/mol. The van der Waals surface area contributed by atoms with Gasteiger partial charge in [0.15, 0.2) is 11.2 Å². The Morgan fingerprint density at radius 1 is 1.09 bits per heavy atom. The van der Waals surface area contributed by atoms with Crippen molar-refractivity contribution in [2.45, 2.75) is 51.4 Å². The Morgan fingerprint density at radius 3 is 2.66 bits per heavy atom. The molecule has 5 aromatic heterocycles. The Hall–Kier alpha value is -3.86. The molecule has 0 spiro atoms. The van der Waals surface area contributed by atoms with Gasteiger partial charge in [-0.1, -0.05) is 12.1 Å². The van der Waals surface area contributed by atoms with Crippen molar-refractivity contribution >= 4 is 22.2 Å². The van der Waals surface area contributed by atoms with Crippen molar-refractivity contribution in [2.75, 3.05) is 0 Å². The molecule has 11 heteroatoms. The lowest BCUT2D eigenvalue weighted by molar-refractivity contribution is -0.0594. The molecule has 0 radical (unpaired) electrons. The number of pyridine rings is 1. The second kappa shape index (κ2) is 8.12. The molecule has 11 nitrogen and oxygen atoms in total. The first kappa shape index (κ1) is 21.7. The van der Waals surface area contributed by atoms with E-state index >= 15 is 0 Å². The van der Waals surface area contributed by atoms with Crippen LogP contribution in [0.2, 0.25) is 0 Å². The topological polar surface area (TPSA) is 119 Å². The minimum absolute atomic E-state index is 0.0277. The van der Waals surface area contributed by atoms with Crippen LogP contribution in [0, 0.1) is 0 Å². The van der Waals surface area contributed by atoms with Gasteiger partial charge in [0.25, 0.3) is 0 Å². The number of nitrogens with zero attached hydrogens (tertiary/aromatic N) is 8. The van der Waals surface area contributed by atoms with Crippen LogP contribution in [-0.4, -0.2) is 51.5 Å². The van der Waals surface area contributed by atoms with Crippen molar-refractivity contribution in [3.63, 3.8) is 0 Å². The number of fused-ring (bicyclic) bond motifs is 3. The zero-order valence-electron chi connectivity index (χ0n) is 20.0. The van der Waals surface area contributed by atoms with E-state index < -0.39 is 0 Å². The molecule has 0 aliphatic carbocycles. The van der Waals surface area contributed by atoms with Crippen LogP contribution < -0.4 is 5.69 Å². The van der Waals surface area contributed by atoms with E-state index in [0.29, 0.717) is 51.3 Å². The molecule has 0 amide bonds. The smallest absolute Gasteiger partial charge is 0.349 e. The van der Waals surface area contributed by atoms with Gasteiger partial charge in [0, 0.05) is 31.9 Å². The molecule has 0 saturated carbocycles. The zero-order valence-corrected chi connectivity index (χ0v) is 20.0. The number of rotatable bonds is 4. The molecule has 6 rings (SSSR count). The Labute approximate surface area is 200 Å². The highest BCUT2D eigenvalue weighted by molar-refractivity contribution is 6.05. The molecule has 180 valence electrons. The lowest BCUT2D eigenvalue weighted by Crippen LogP contribution is -2.37. The maximum Gasteiger partial charge on any atom is 0.349 e. The van der Waals surface area contributed by atoms with Gasteiger partial charge >= 0.3 is 5.69 Å². The highest BCUT2D eigenvalue weighted by atomic mass is 16.5. The average molecular weight is 475 g/mol. The number of hydrogen-bond donors (Lipinski definition) is 0. The maximum absolute atomic E-state index is 13.6. The normalized spacial score (nSPS) is 20.7. The summed E-state index contributed by atoms with van der Waals surface area (Å²) < 4.78 is 17.5. The van der Waals surface area contributed by atoms with Gasteiger partial charge in [-0.05, 0) is 38.3 Å². The highest BCUT2D eigenvalue weighted by Crippen LogP contribution is 2.38. The molecular weight excluding hydrogens is 448 g/mol. The van der Waals surface area contributed by atoms with Gasteiger partial charge in [-0.15, -0.1) is 5.10 Å². The summed E-state index contributed by atoms with van der Waals surface area (Å²) in [6.07, 6.45) is 7.71. The molecule has 0 bridgehead atoms. The number of hydrogen-bond acceptors (Lipinski definition) is 8. The van der Waals surface area contributed by atoms with E-state index in [2.05, 4.69) is 27.3 Å². The van der Waals surface area contributed by atoms with Crippen LogP contribution in [0.4, 0.5) is 0 Å². The molecule has 35 heavy (non-hydrogen) atoms. The van der Waals surface area contributed by atoms with E-state index in [1.54, 1.807) is 26.3 Å². The lowest BCUT2D eigenvalue weighted by atomic mass is 9.97. The summed E-state index contributed by atoms with van der Waals surface area (Å²) in [7, 11) is 3.63. The second-order valence-corrected chi connectivity index (χ2v) is 9.22. The Kier molecular flexibility index (Phi) is 5.03. The van der Waals surface area contributed by atoms with Crippen LogP contribution in [-0.2, 0) is 18.8 Å². The fourth-order valence-electron chi connectivity index (χ4n) is 5.03. The van der Waals surface area contributed by atoms with Crippen LogP contribution >= 0.6 is 0 Å². The molecule has 5 aromatic rings. The predicted octanol–water partition coefficient (Wildman–Crippen LogP) is 3.25. The van der Waals surface area contributed by atoms with Crippen molar-refractivity contribution in [3.05, 3.63) is 41.2 Å². The quantitative estimate of drug-likeness (QED) is 0.389. The summed E-state index contributed by atoms with van der Waals surface area (Å²) in [5, 5.41) is 12.5. The zero-order chi connectivity index (χ0) is 24.3. The highest BCUT2D eigenvalue weighted by Gasteiger charge is 2.32. The number of aryl methyl sites for hydroxylation is 2. The average Bonchev–Trinajstić information content (AvgIpc) is 3.56. The van der Waals surface area contributed by atoms with Gasteiger partial charge < -0.3 is 9.15 Å². The molecule has 1 fully saturated rings. The summed E-state index contributed by atoms with van der Waals surface area (Å²) >= 11 is 0. The minimum atomic E-state index is -0.334. The van der Waals surface area contributed by atoms with E-state index in [1.807, 2.05) is 39.3 Å². The van der Waals surface area contributed by atoms with E-state index in [9.17, 15) is 4.79 Å². The van der Waals surface area contributed by atoms with E-state index in [-0.39, 0.29) is 23.9 Å². The molecular formula is C24H26N8O3. The van der Waals surface area contributed by atoms with Gasteiger partial charge in [0.05, 0.1) is 30.3 Å². The summed E-state index contributed by atoms with van der Waals surface area (Å²) in [5.41, 5.74) is 4.46. The van der Waals surface area contributed by atoms with Gasteiger partial charge in [-0.2, -0.15) is 10.1 Å². The van der Waals surface area contributed by atoms with Crippen molar-refractivity contribution in [1.29, 1.82) is 0 Å². The van der Waals surface area contributed by atoms with Gasteiger partial charge in [0.2, 0.25) is 0 Å². The molecule has 0 N–H and O–H groups in total. The first-order valence-corrected chi connectivity index (χ1v) is 11.8. The molecule has 1 aliphatic heterocycles. The van der Waals surface area contributed by atoms with Crippen LogP contribution in [0.5, 0.6) is 0 Å². The molecule has 0 aromatic carbocycles. The van der Waals surface area contributed by atoms with Crippen LogP contribution in [0.1, 0.15) is 39.2 Å². The van der Waals surface area contributed by atoms with Gasteiger partial charge in [-0.3, -0.25) is 13.9 Å². The number of ether oxygens (including phenoxy) is 1. The molecule has 3 atom stereocenters. The van der Waals surface area contributed by atoms with Crippen LogP contribution in [0.15, 0.2) is 39.9 Å². The van der Waals surface area contributed by atoms with Crippen molar-refractivity contribution in [2.24, 2.45) is 14.1 Å². The summed E-state index contributed by atoms with van der Waals surface area (Å²) in [6, 6.07) is 3.62. The third-order valence-corrected chi connectivity index (χ3v) is 6.61. The number of furan rings is 1. The third-order valence-electron chi connectivity index (χ3n) is 6.61. The first-order valence-electron chi connectivity index (χ1n) is 11.8. The Morgan fingerprint density at radius 2 is 1.94 bits per heavy atom. The molecule has 0 unspecified atom stereocenters. The summed E-state index contributed by atoms with van der Waals surface area (Å²) in [6.45, 7) is 4.15. The third kappa shape index (κ3) is 3.63. The van der Waals surface area contributed by atoms with Crippen LogP contribution in [0.3, 0.4) is 0 Å². The van der Waals surface area contributed by atoms with E-state index in [0.717, 1.165) is 12.8 Å². The largest absolute Gasteiger partial charge is 0.450 e. The van der Waals surface area contributed by atoms with E-state index in [4.69, 9.17) is 14.1 Å². The van der Waals surface area contributed by atoms with Gasteiger partial charge in [0.1, 0.15) is 22.4 Å². The molecule has 1 aliphatic rings. The molecule has 1 saturated heterocycles. The number of aromatic nitrogens is 8. The standard InChI is InChI=1S/C24H26N8O3/c1-5-16-9-15(8-13(2)34-16)32-22-21-19(7-6-17(26-21)18-12-31(4)29-28-18)35-23(22)20(27-24(32)33)14-10-25-30(3)11-14/h6-7,10-13,15-16H,5,8-9H2,1-4H3/t13-,15+,16+/m1/s1. The summed E-state index contributed by atoms with van der Waals surface area (Å²) in [4.78, 5) is 23.0. The minimum Gasteiger partial charge on any atom is -0.450 e. The van der Waals surface area contributed by atoms with Gasteiger partial charge in [-0.25, -0.2) is 9.78 Å². The van der Waals surface area contributed by atoms with Crippen molar-refractivity contribution in [1.82, 2.24) is 39.3 Å². The van der Waals surface area contributed by atoms with Crippen molar-refractivity contribution in [3.8, 4) is 22.6 Å². The van der Waals surface area contributed by atoms with Crippen molar-refractivity contribution < 1.29 is 9.15 Å². The second-order valence-electron chi connectivity index (χ2n) is 9.22. The SMILES string of the molecule is CC[C@H]1C[C@@H](n2c(=O)nc(-c3cnn(C)c3)c3oc4ccc(-c5cn(C)nn5)nc4c32)C[C@@H](C)O1. The Balaban J connectivity index is 1.65. The fourth-order valence-corrected chi connectivity index (χ4v) is 5.03. The maximum atomic E-state index is 13.6. The summed E-state index contributed by atoms with van der Waals surface area (Å²) in [5.74, 6) is 0. The fraction of sp³-hybridized carbons (Fsp3) is 0.417. The first-order chi connectivity index (χ1) is 16.9. The lowest BCUT2D eigenvalue weighted by Gasteiger charge is -2.34. The molecule has 6 heterocycles.